The monoisotopic (exact) mass is 788 g/mol. The molecule has 0 radical (unpaired) electrons. The molecule has 14 nitrogen and oxygen atoms in total. The van der Waals surface area contributed by atoms with E-state index >= 15 is 0 Å². The summed E-state index contributed by atoms with van der Waals surface area (Å²) in [7, 11) is 2.95. The Morgan fingerprint density at radius 3 is 2.46 bits per heavy atom. The molecule has 1 unspecified atom stereocenters. The standard InChI is InChI=1S/C40H43F3N8O6/c1-48(33-8-9-36(53)46-38(33)55)39(56)29-19-28(7-6-25(29)23-52)50-16-10-24(11-17-50)21-49-14-12-27(13-15-49)51-22-26-18-32(34(57-2)20-31(26)47-51)45-37(54)30-4-3-5-35(44-30)40(41,42)43/h3-7,18-20,22-24,27,33H,8-17,21H2,1-2H3,(H,45,54)(H,46,53,55). The zero-order valence-electron chi connectivity index (χ0n) is 31.6. The zero-order chi connectivity index (χ0) is 40.4. The fourth-order valence-electron chi connectivity index (χ4n) is 7.95. The first kappa shape index (κ1) is 39.4. The number of likely N-dealkylation sites (N-methyl/N-ethyl adjacent to an activating group) is 1. The highest BCUT2D eigenvalue weighted by atomic mass is 19.4. The molecule has 2 aromatic carbocycles. The number of hydrogen-bond donors (Lipinski definition) is 2. The number of halogens is 3. The van der Waals surface area contributed by atoms with Gasteiger partial charge < -0.3 is 24.8 Å². The second-order valence-corrected chi connectivity index (χ2v) is 14.8. The molecule has 4 aromatic rings. The molecule has 300 valence electrons. The number of nitrogens with one attached hydrogen (secondary N) is 2. The Labute approximate surface area is 326 Å². The first-order valence-corrected chi connectivity index (χ1v) is 18.9. The highest BCUT2D eigenvalue weighted by Crippen LogP contribution is 2.34. The van der Waals surface area contributed by atoms with Crippen molar-refractivity contribution in [3.8, 4) is 5.75 Å². The van der Waals surface area contributed by atoms with Crippen LogP contribution in [0.15, 0.2) is 54.7 Å². The molecular formula is C40H43F3N8O6. The van der Waals surface area contributed by atoms with Crippen molar-refractivity contribution in [2.75, 3.05) is 57.1 Å². The normalized spacial score (nSPS) is 18.7. The predicted octanol–water partition coefficient (Wildman–Crippen LogP) is 4.95. The topological polar surface area (TPSA) is 159 Å². The number of likely N-dealkylation sites (tertiary alicyclic amines) is 1. The number of pyridine rings is 1. The third-order valence-electron chi connectivity index (χ3n) is 11.2. The number of hydrogen-bond acceptors (Lipinski definition) is 10. The maximum Gasteiger partial charge on any atom is 0.433 e. The number of ether oxygens (including phenoxy) is 1. The van der Waals surface area contributed by atoms with Gasteiger partial charge in [-0.3, -0.25) is 34.0 Å². The minimum Gasteiger partial charge on any atom is -0.494 e. The van der Waals surface area contributed by atoms with Gasteiger partial charge in [0.1, 0.15) is 23.2 Å². The van der Waals surface area contributed by atoms with E-state index in [1.54, 1.807) is 24.3 Å². The van der Waals surface area contributed by atoms with Gasteiger partial charge in [-0.2, -0.15) is 18.3 Å². The van der Waals surface area contributed by atoms with E-state index in [0.29, 0.717) is 29.2 Å². The van der Waals surface area contributed by atoms with Gasteiger partial charge in [0.25, 0.3) is 11.8 Å². The summed E-state index contributed by atoms with van der Waals surface area (Å²) in [4.78, 5) is 71.8. The first-order valence-electron chi connectivity index (χ1n) is 18.9. The number of rotatable bonds is 10. The molecule has 0 spiro atoms. The van der Waals surface area contributed by atoms with Crippen molar-refractivity contribution in [1.82, 2.24) is 29.9 Å². The summed E-state index contributed by atoms with van der Waals surface area (Å²) >= 11 is 0. The van der Waals surface area contributed by atoms with Crippen molar-refractivity contribution in [2.45, 2.75) is 56.8 Å². The van der Waals surface area contributed by atoms with Crippen molar-refractivity contribution >= 4 is 52.2 Å². The van der Waals surface area contributed by atoms with Crippen LogP contribution in [0, 0.1) is 5.92 Å². The number of benzene rings is 2. The van der Waals surface area contributed by atoms with Crippen LogP contribution >= 0.6 is 0 Å². The Bertz CT molecular complexity index is 2190. The van der Waals surface area contributed by atoms with Crippen LogP contribution in [0.2, 0.25) is 0 Å². The predicted molar refractivity (Wildman–Crippen MR) is 203 cm³/mol. The summed E-state index contributed by atoms with van der Waals surface area (Å²) in [5.74, 6) is -1.32. The third-order valence-corrected chi connectivity index (χ3v) is 11.2. The van der Waals surface area contributed by atoms with Gasteiger partial charge >= 0.3 is 6.18 Å². The molecular weight excluding hydrogens is 745 g/mol. The summed E-state index contributed by atoms with van der Waals surface area (Å²) < 4.78 is 46.9. The SMILES string of the molecule is COc1cc2nn(C3CCN(CC4CCN(c5ccc(C=O)c(C(=O)N(C)C6CCC(=O)NC6=O)c5)CC4)CC3)cc2cc1NC(=O)c1cccc(C(F)(F)F)n1. The van der Waals surface area contributed by atoms with Crippen LogP contribution in [-0.4, -0.2) is 107 Å². The number of piperidine rings is 3. The number of amides is 4. The maximum atomic E-state index is 13.5. The maximum absolute atomic E-state index is 13.5. The number of anilines is 2. The average Bonchev–Trinajstić information content (AvgIpc) is 3.63. The second-order valence-electron chi connectivity index (χ2n) is 14.8. The molecule has 17 heteroatoms. The third kappa shape index (κ3) is 8.62. The minimum absolute atomic E-state index is 0.142. The van der Waals surface area contributed by atoms with Gasteiger partial charge in [-0.15, -0.1) is 0 Å². The second kappa shape index (κ2) is 16.3. The number of methoxy groups -OCH3 is 1. The van der Waals surface area contributed by atoms with E-state index in [2.05, 4.69) is 25.4 Å². The summed E-state index contributed by atoms with van der Waals surface area (Å²) in [6.45, 7) is 4.35. The molecule has 5 heterocycles. The largest absolute Gasteiger partial charge is 0.494 e. The van der Waals surface area contributed by atoms with E-state index in [1.165, 1.54) is 25.1 Å². The molecule has 0 saturated carbocycles. The number of fused-ring (bicyclic) bond motifs is 1. The van der Waals surface area contributed by atoms with E-state index in [9.17, 15) is 37.1 Å². The smallest absolute Gasteiger partial charge is 0.433 e. The van der Waals surface area contributed by atoms with Crippen LogP contribution in [0.25, 0.3) is 10.9 Å². The molecule has 4 amide bonds. The zero-order valence-corrected chi connectivity index (χ0v) is 31.6. The fourth-order valence-corrected chi connectivity index (χ4v) is 7.95. The number of nitrogens with zero attached hydrogens (tertiary/aromatic N) is 6. The lowest BCUT2D eigenvalue weighted by atomic mass is 9.94. The van der Waals surface area contributed by atoms with Gasteiger partial charge in [0, 0.05) is 75.1 Å². The van der Waals surface area contributed by atoms with E-state index in [1.807, 2.05) is 16.9 Å². The van der Waals surface area contributed by atoms with Gasteiger partial charge in [-0.25, -0.2) is 4.98 Å². The molecule has 1 atom stereocenters. The van der Waals surface area contributed by atoms with Gasteiger partial charge in [0.05, 0.1) is 29.9 Å². The summed E-state index contributed by atoms with van der Waals surface area (Å²) in [6.07, 6.45) is 1.95. The molecule has 3 aliphatic heterocycles. The Morgan fingerprint density at radius 2 is 1.77 bits per heavy atom. The van der Waals surface area contributed by atoms with Crippen molar-refractivity contribution in [3.63, 3.8) is 0 Å². The molecule has 57 heavy (non-hydrogen) atoms. The molecule has 7 rings (SSSR count). The lowest BCUT2D eigenvalue weighted by Gasteiger charge is -2.38. The highest BCUT2D eigenvalue weighted by molar-refractivity contribution is 6.07. The lowest BCUT2D eigenvalue weighted by Crippen LogP contribution is -2.53. The Hall–Kier alpha value is -5.84. The van der Waals surface area contributed by atoms with Crippen molar-refractivity contribution in [2.24, 2.45) is 5.92 Å². The molecule has 2 N–H and O–H groups in total. The van der Waals surface area contributed by atoms with Gasteiger partial charge in [-0.1, -0.05) is 6.07 Å². The summed E-state index contributed by atoms with van der Waals surface area (Å²) in [5.41, 5.74) is 0.736. The van der Waals surface area contributed by atoms with E-state index in [4.69, 9.17) is 9.84 Å². The first-order chi connectivity index (χ1) is 27.3. The molecule has 3 aliphatic rings. The average molecular weight is 789 g/mol. The summed E-state index contributed by atoms with van der Waals surface area (Å²) in [6, 6.07) is 11.1. The number of alkyl halides is 3. The molecule has 2 aromatic heterocycles. The van der Waals surface area contributed by atoms with Crippen molar-refractivity contribution < 1.29 is 41.9 Å². The van der Waals surface area contributed by atoms with Gasteiger partial charge in [-0.05, 0) is 74.4 Å². The number of aromatic nitrogens is 3. The lowest BCUT2D eigenvalue weighted by molar-refractivity contribution is -0.141. The molecule has 3 fully saturated rings. The van der Waals surface area contributed by atoms with Crippen LogP contribution in [0.5, 0.6) is 5.75 Å². The molecule has 0 bridgehead atoms. The fraction of sp³-hybridized carbons (Fsp3) is 0.425. The summed E-state index contributed by atoms with van der Waals surface area (Å²) in [5, 5.41) is 10.5. The Morgan fingerprint density at radius 1 is 1.02 bits per heavy atom. The van der Waals surface area contributed by atoms with Crippen LogP contribution in [-0.2, 0) is 15.8 Å². The van der Waals surface area contributed by atoms with Crippen LogP contribution < -0.4 is 20.3 Å². The van der Waals surface area contributed by atoms with Crippen molar-refractivity contribution in [3.05, 3.63) is 77.2 Å². The number of aldehydes is 1. The Balaban J connectivity index is 0.924. The van der Waals surface area contributed by atoms with Crippen LogP contribution in [0.1, 0.15) is 81.5 Å². The van der Waals surface area contributed by atoms with E-state index in [-0.39, 0.29) is 41.6 Å². The van der Waals surface area contributed by atoms with Gasteiger partial charge in [0.2, 0.25) is 11.8 Å². The van der Waals surface area contributed by atoms with Crippen molar-refractivity contribution in [1.29, 1.82) is 0 Å². The quantitative estimate of drug-likeness (QED) is 0.166. The molecule has 0 aliphatic carbocycles. The number of carbonyl (C=O) groups is 5. The highest BCUT2D eigenvalue weighted by Gasteiger charge is 2.35. The molecule has 3 saturated heterocycles. The van der Waals surface area contributed by atoms with Gasteiger partial charge in [0.15, 0.2) is 6.29 Å². The van der Waals surface area contributed by atoms with E-state index in [0.717, 1.165) is 81.6 Å². The Kier molecular flexibility index (Phi) is 11.3. The van der Waals surface area contributed by atoms with Crippen LogP contribution in [0.3, 0.4) is 0 Å². The number of imide groups is 1. The van der Waals surface area contributed by atoms with E-state index < -0.39 is 35.6 Å². The number of carbonyl (C=O) groups excluding carboxylic acids is 5. The van der Waals surface area contributed by atoms with Crippen LogP contribution in [0.4, 0.5) is 24.5 Å². The minimum atomic E-state index is -4.68.